The van der Waals surface area contributed by atoms with E-state index in [4.69, 9.17) is 0 Å². The van der Waals surface area contributed by atoms with Crippen molar-refractivity contribution in [2.24, 2.45) is 0 Å². The topological polar surface area (TPSA) is 0 Å². The SMILES string of the molecule is CC(c1ccc(F)cc1)c1ccc(-c2ccccc2)cc1. The van der Waals surface area contributed by atoms with Crippen molar-refractivity contribution in [2.75, 3.05) is 0 Å². The van der Waals surface area contributed by atoms with E-state index in [1.165, 1.54) is 28.8 Å². The van der Waals surface area contributed by atoms with E-state index in [1.807, 2.05) is 30.3 Å². The molecule has 0 heterocycles. The third-order valence-electron chi connectivity index (χ3n) is 3.89. The minimum Gasteiger partial charge on any atom is -0.207 e. The van der Waals surface area contributed by atoms with Gasteiger partial charge in [0.2, 0.25) is 0 Å². The fraction of sp³-hybridized carbons (Fsp3) is 0.100. The fourth-order valence-corrected chi connectivity index (χ4v) is 2.54. The minimum absolute atomic E-state index is 0.189. The quantitative estimate of drug-likeness (QED) is 0.580. The highest BCUT2D eigenvalue weighted by Crippen LogP contribution is 2.27. The average molecular weight is 276 g/mol. The molecule has 0 saturated carbocycles. The Morgan fingerprint density at radius 3 is 1.67 bits per heavy atom. The van der Waals surface area contributed by atoms with Crippen molar-refractivity contribution in [3.8, 4) is 11.1 Å². The molecule has 0 aliphatic carbocycles. The van der Waals surface area contributed by atoms with Gasteiger partial charge in [0.15, 0.2) is 0 Å². The van der Waals surface area contributed by atoms with Crippen LogP contribution in [0.15, 0.2) is 78.9 Å². The number of hydrogen-bond donors (Lipinski definition) is 0. The first-order valence-electron chi connectivity index (χ1n) is 7.15. The summed E-state index contributed by atoms with van der Waals surface area (Å²) < 4.78 is 13.0. The van der Waals surface area contributed by atoms with Crippen molar-refractivity contribution >= 4 is 0 Å². The summed E-state index contributed by atoms with van der Waals surface area (Å²) in [6, 6.07) is 25.7. The Morgan fingerprint density at radius 2 is 1.10 bits per heavy atom. The highest BCUT2D eigenvalue weighted by Gasteiger charge is 2.08. The Labute approximate surface area is 124 Å². The van der Waals surface area contributed by atoms with Crippen molar-refractivity contribution in [2.45, 2.75) is 12.8 Å². The second-order valence-corrected chi connectivity index (χ2v) is 5.26. The van der Waals surface area contributed by atoms with Crippen molar-refractivity contribution in [3.05, 3.63) is 95.8 Å². The Kier molecular flexibility index (Phi) is 3.83. The van der Waals surface area contributed by atoms with E-state index < -0.39 is 0 Å². The van der Waals surface area contributed by atoms with E-state index in [1.54, 1.807) is 0 Å². The molecular weight excluding hydrogens is 259 g/mol. The molecule has 0 saturated heterocycles. The molecule has 0 nitrogen and oxygen atoms in total. The van der Waals surface area contributed by atoms with Gasteiger partial charge in [0.05, 0.1) is 0 Å². The summed E-state index contributed by atoms with van der Waals surface area (Å²) in [5.41, 5.74) is 4.80. The van der Waals surface area contributed by atoms with Crippen LogP contribution in [-0.4, -0.2) is 0 Å². The van der Waals surface area contributed by atoms with Crippen molar-refractivity contribution in [1.82, 2.24) is 0 Å². The van der Waals surface area contributed by atoms with Crippen LogP contribution in [0.2, 0.25) is 0 Å². The number of halogens is 1. The lowest BCUT2D eigenvalue weighted by atomic mass is 9.92. The molecule has 0 fully saturated rings. The molecule has 3 aromatic carbocycles. The van der Waals surface area contributed by atoms with Crippen LogP contribution in [0.25, 0.3) is 11.1 Å². The van der Waals surface area contributed by atoms with E-state index in [0.29, 0.717) is 0 Å². The van der Waals surface area contributed by atoms with Gasteiger partial charge in [-0.1, -0.05) is 73.7 Å². The molecule has 1 heteroatoms. The normalized spacial score (nSPS) is 12.1. The molecule has 21 heavy (non-hydrogen) atoms. The summed E-state index contributed by atoms with van der Waals surface area (Å²) >= 11 is 0. The van der Waals surface area contributed by atoms with Crippen LogP contribution < -0.4 is 0 Å². The molecule has 0 amide bonds. The van der Waals surface area contributed by atoms with Crippen LogP contribution >= 0.6 is 0 Å². The van der Waals surface area contributed by atoms with Gasteiger partial charge in [0, 0.05) is 5.92 Å². The van der Waals surface area contributed by atoms with Gasteiger partial charge in [-0.25, -0.2) is 4.39 Å². The summed E-state index contributed by atoms with van der Waals surface area (Å²) in [5.74, 6) is 0.0702. The van der Waals surface area contributed by atoms with Crippen molar-refractivity contribution in [1.29, 1.82) is 0 Å². The molecule has 0 spiro atoms. The summed E-state index contributed by atoms with van der Waals surface area (Å²) in [5, 5.41) is 0. The van der Waals surface area contributed by atoms with Crippen LogP contribution in [0, 0.1) is 5.82 Å². The first kappa shape index (κ1) is 13.6. The lowest BCUT2D eigenvalue weighted by Gasteiger charge is -2.13. The van der Waals surface area contributed by atoms with Crippen LogP contribution in [0.5, 0.6) is 0 Å². The second kappa shape index (κ2) is 5.92. The molecule has 0 aromatic heterocycles. The lowest BCUT2D eigenvalue weighted by Crippen LogP contribution is -1.96. The Balaban J connectivity index is 1.85. The molecule has 104 valence electrons. The highest BCUT2D eigenvalue weighted by molar-refractivity contribution is 5.63. The van der Waals surface area contributed by atoms with E-state index in [9.17, 15) is 4.39 Å². The van der Waals surface area contributed by atoms with Crippen LogP contribution in [0.4, 0.5) is 4.39 Å². The maximum Gasteiger partial charge on any atom is 0.123 e. The number of hydrogen-bond acceptors (Lipinski definition) is 0. The summed E-state index contributed by atoms with van der Waals surface area (Å²) in [4.78, 5) is 0. The predicted molar refractivity (Wildman–Crippen MR) is 85.8 cm³/mol. The van der Waals surface area contributed by atoms with E-state index in [0.717, 1.165) is 5.56 Å². The second-order valence-electron chi connectivity index (χ2n) is 5.26. The van der Waals surface area contributed by atoms with Gasteiger partial charge in [-0.3, -0.25) is 0 Å². The maximum atomic E-state index is 13.0. The van der Waals surface area contributed by atoms with Gasteiger partial charge in [-0.2, -0.15) is 0 Å². The fourth-order valence-electron chi connectivity index (χ4n) is 2.54. The summed E-state index contributed by atoms with van der Waals surface area (Å²) in [6.07, 6.45) is 0. The molecule has 0 aliphatic rings. The molecule has 0 radical (unpaired) electrons. The standard InChI is InChI=1S/C20H17F/c1-15(17-11-13-20(21)14-12-17)16-7-9-19(10-8-16)18-5-3-2-4-6-18/h2-15H,1H3. The molecule has 1 unspecified atom stereocenters. The highest BCUT2D eigenvalue weighted by atomic mass is 19.1. The molecule has 3 aromatic rings. The lowest BCUT2D eigenvalue weighted by molar-refractivity contribution is 0.626. The van der Waals surface area contributed by atoms with Gasteiger partial charge in [-0.05, 0) is 34.4 Å². The average Bonchev–Trinajstić information content (AvgIpc) is 2.56. The van der Waals surface area contributed by atoms with Crippen LogP contribution in [0.1, 0.15) is 24.0 Å². The molecule has 0 aliphatic heterocycles. The molecule has 1 atom stereocenters. The first-order valence-corrected chi connectivity index (χ1v) is 7.15. The smallest absolute Gasteiger partial charge is 0.123 e. The van der Waals surface area contributed by atoms with Crippen LogP contribution in [0.3, 0.4) is 0 Å². The Bertz CT molecular complexity index is 697. The Morgan fingerprint density at radius 1 is 0.619 bits per heavy atom. The largest absolute Gasteiger partial charge is 0.207 e. The number of benzene rings is 3. The summed E-state index contributed by atoms with van der Waals surface area (Å²) in [6.45, 7) is 2.14. The monoisotopic (exact) mass is 276 g/mol. The molecular formula is C20H17F. The zero-order valence-electron chi connectivity index (χ0n) is 12.0. The molecule has 0 N–H and O–H groups in total. The number of rotatable bonds is 3. The zero-order valence-corrected chi connectivity index (χ0v) is 12.0. The first-order chi connectivity index (χ1) is 10.2. The third-order valence-corrected chi connectivity index (χ3v) is 3.89. The molecule has 0 bridgehead atoms. The van der Waals surface area contributed by atoms with Gasteiger partial charge >= 0.3 is 0 Å². The van der Waals surface area contributed by atoms with Gasteiger partial charge in [0.25, 0.3) is 0 Å². The summed E-state index contributed by atoms with van der Waals surface area (Å²) in [7, 11) is 0. The van der Waals surface area contributed by atoms with E-state index >= 15 is 0 Å². The van der Waals surface area contributed by atoms with Crippen molar-refractivity contribution < 1.29 is 4.39 Å². The van der Waals surface area contributed by atoms with Gasteiger partial charge in [-0.15, -0.1) is 0 Å². The third kappa shape index (κ3) is 3.03. The Hall–Kier alpha value is -2.41. The zero-order chi connectivity index (χ0) is 14.7. The van der Waals surface area contributed by atoms with Gasteiger partial charge < -0.3 is 0 Å². The van der Waals surface area contributed by atoms with Gasteiger partial charge in [0.1, 0.15) is 5.82 Å². The predicted octanol–water partition coefficient (Wildman–Crippen LogP) is 5.64. The minimum atomic E-state index is -0.189. The van der Waals surface area contributed by atoms with Crippen LogP contribution in [-0.2, 0) is 0 Å². The maximum absolute atomic E-state index is 13.0. The van der Waals surface area contributed by atoms with E-state index in [2.05, 4.69) is 43.3 Å². The molecule has 3 rings (SSSR count). The van der Waals surface area contributed by atoms with Crippen molar-refractivity contribution in [3.63, 3.8) is 0 Å². The van der Waals surface area contributed by atoms with E-state index in [-0.39, 0.29) is 11.7 Å².